The first-order valence-corrected chi connectivity index (χ1v) is 12.8. The highest BCUT2D eigenvalue weighted by atomic mass is 16.4. The second-order valence-electron chi connectivity index (χ2n) is 9.80. The van der Waals surface area contributed by atoms with Gasteiger partial charge in [0.15, 0.2) is 0 Å². The van der Waals surface area contributed by atoms with Crippen molar-refractivity contribution in [3.05, 3.63) is 35.4 Å². The second-order valence-corrected chi connectivity index (χ2v) is 9.80. The largest absolute Gasteiger partial charge is 0.480 e. The highest BCUT2D eigenvalue weighted by molar-refractivity contribution is 5.89. The van der Waals surface area contributed by atoms with Gasteiger partial charge in [-0.1, -0.05) is 56.4 Å². The number of hydrogen-bond donors (Lipinski definition) is 5. The number of rotatable bonds is 11. The topological polar surface area (TPSA) is 134 Å². The van der Waals surface area contributed by atoms with Gasteiger partial charge < -0.3 is 26.8 Å². The number of benzene rings is 1. The van der Waals surface area contributed by atoms with Gasteiger partial charge in [-0.15, -0.1) is 0 Å². The molecule has 8 heteroatoms. The summed E-state index contributed by atoms with van der Waals surface area (Å²) in [4.78, 5) is 37.6. The number of nitrogens with one attached hydrogen (secondary N) is 3. The number of urea groups is 1. The van der Waals surface area contributed by atoms with Gasteiger partial charge >= 0.3 is 12.0 Å². The number of amides is 3. The lowest BCUT2D eigenvalue weighted by Gasteiger charge is -2.30. The van der Waals surface area contributed by atoms with Crippen molar-refractivity contribution < 1.29 is 19.5 Å². The van der Waals surface area contributed by atoms with E-state index in [0.717, 1.165) is 44.9 Å². The quantitative estimate of drug-likeness (QED) is 0.316. The molecule has 2 aliphatic carbocycles. The zero-order valence-corrected chi connectivity index (χ0v) is 20.1. The Morgan fingerprint density at radius 2 is 1.68 bits per heavy atom. The summed E-state index contributed by atoms with van der Waals surface area (Å²) in [6.07, 6.45) is 10.4. The van der Waals surface area contributed by atoms with E-state index in [1.165, 1.54) is 17.5 Å². The summed E-state index contributed by atoms with van der Waals surface area (Å²) in [6.45, 7) is 0.480. The molecular formula is C26H40N4O4. The van der Waals surface area contributed by atoms with Crippen molar-refractivity contribution in [1.82, 2.24) is 16.0 Å². The van der Waals surface area contributed by atoms with Crippen LogP contribution in [0.5, 0.6) is 0 Å². The van der Waals surface area contributed by atoms with Crippen LogP contribution in [0, 0.1) is 5.92 Å². The number of hydrogen-bond acceptors (Lipinski definition) is 4. The van der Waals surface area contributed by atoms with Gasteiger partial charge in [0.2, 0.25) is 5.91 Å². The van der Waals surface area contributed by atoms with Gasteiger partial charge in [0.05, 0.1) is 0 Å². The van der Waals surface area contributed by atoms with Gasteiger partial charge in [-0.05, 0) is 68.5 Å². The number of aliphatic carboxylic acids is 1. The summed E-state index contributed by atoms with van der Waals surface area (Å²) >= 11 is 0. The molecule has 3 amide bonds. The molecule has 1 saturated carbocycles. The van der Waals surface area contributed by atoms with Gasteiger partial charge in [0, 0.05) is 6.04 Å². The Balaban J connectivity index is 1.61. The van der Waals surface area contributed by atoms with E-state index in [2.05, 4.69) is 28.1 Å². The minimum atomic E-state index is -1.08. The summed E-state index contributed by atoms with van der Waals surface area (Å²) < 4.78 is 0. The number of fused-ring (bicyclic) bond motifs is 1. The van der Waals surface area contributed by atoms with Gasteiger partial charge in [-0.3, -0.25) is 4.79 Å². The normalized spacial score (nSPS) is 20.0. The third-order valence-corrected chi connectivity index (χ3v) is 7.16. The molecule has 8 nitrogen and oxygen atoms in total. The summed E-state index contributed by atoms with van der Waals surface area (Å²) in [7, 11) is 0. The Morgan fingerprint density at radius 1 is 0.971 bits per heavy atom. The van der Waals surface area contributed by atoms with E-state index < -0.39 is 24.1 Å². The molecule has 1 fully saturated rings. The minimum Gasteiger partial charge on any atom is -0.480 e. The molecule has 0 bridgehead atoms. The fraction of sp³-hybridized carbons (Fsp3) is 0.654. The maximum Gasteiger partial charge on any atom is 0.326 e. The number of carbonyl (C=O) groups excluding carboxylic acids is 2. The molecule has 2 aliphatic rings. The fourth-order valence-corrected chi connectivity index (χ4v) is 5.22. The van der Waals surface area contributed by atoms with Crippen LogP contribution in [0.3, 0.4) is 0 Å². The van der Waals surface area contributed by atoms with Crippen LogP contribution in [0.4, 0.5) is 4.79 Å². The van der Waals surface area contributed by atoms with Crippen molar-refractivity contribution in [2.75, 3.05) is 6.54 Å². The van der Waals surface area contributed by atoms with Gasteiger partial charge in [0.1, 0.15) is 12.1 Å². The second kappa shape index (κ2) is 13.3. The molecule has 0 aliphatic heterocycles. The first kappa shape index (κ1) is 26.0. The van der Waals surface area contributed by atoms with Crippen LogP contribution in [-0.4, -0.2) is 47.7 Å². The molecule has 0 saturated heterocycles. The SMILES string of the molecule is NCCCCC(NC(=O)NC(CC1CCCCC1)C(=O)N[C@@H]1CCc2ccccc2C1)C(=O)O. The summed E-state index contributed by atoms with van der Waals surface area (Å²) in [5.41, 5.74) is 8.08. The molecule has 3 rings (SSSR count). The average Bonchev–Trinajstić information content (AvgIpc) is 2.83. The molecule has 0 aromatic heterocycles. The summed E-state index contributed by atoms with van der Waals surface area (Å²) in [5, 5.41) is 18.0. The molecule has 6 N–H and O–H groups in total. The Morgan fingerprint density at radius 3 is 2.38 bits per heavy atom. The zero-order valence-electron chi connectivity index (χ0n) is 20.1. The smallest absolute Gasteiger partial charge is 0.326 e. The Labute approximate surface area is 202 Å². The molecule has 3 atom stereocenters. The summed E-state index contributed by atoms with van der Waals surface area (Å²) in [5.74, 6) is -0.877. The number of carboxylic acids is 1. The molecule has 34 heavy (non-hydrogen) atoms. The lowest BCUT2D eigenvalue weighted by Crippen LogP contribution is -2.55. The van der Waals surface area contributed by atoms with Crippen LogP contribution < -0.4 is 21.7 Å². The average molecular weight is 473 g/mol. The Bertz CT molecular complexity index is 825. The highest BCUT2D eigenvalue weighted by Crippen LogP contribution is 2.28. The van der Waals surface area contributed by atoms with Crippen molar-refractivity contribution in [1.29, 1.82) is 0 Å². The molecule has 1 aromatic carbocycles. The van der Waals surface area contributed by atoms with Crippen LogP contribution in [0.15, 0.2) is 24.3 Å². The Hall–Kier alpha value is -2.61. The zero-order chi connectivity index (χ0) is 24.3. The minimum absolute atomic E-state index is 0.0316. The van der Waals surface area contributed by atoms with Crippen molar-refractivity contribution in [2.24, 2.45) is 11.7 Å². The third kappa shape index (κ3) is 8.01. The first-order chi connectivity index (χ1) is 16.5. The monoisotopic (exact) mass is 472 g/mol. The van der Waals surface area contributed by atoms with E-state index in [4.69, 9.17) is 5.73 Å². The van der Waals surface area contributed by atoms with Gasteiger partial charge in [0.25, 0.3) is 0 Å². The van der Waals surface area contributed by atoms with Crippen LogP contribution in [0.25, 0.3) is 0 Å². The van der Waals surface area contributed by atoms with Crippen molar-refractivity contribution in [3.63, 3.8) is 0 Å². The number of carboxylic acid groups (broad SMARTS) is 1. The van der Waals surface area contributed by atoms with Crippen molar-refractivity contribution in [2.45, 2.75) is 95.2 Å². The van der Waals surface area contributed by atoms with Crippen LogP contribution in [-0.2, 0) is 22.4 Å². The van der Waals surface area contributed by atoms with Gasteiger partial charge in [-0.2, -0.15) is 0 Å². The number of carbonyl (C=O) groups is 3. The van der Waals surface area contributed by atoms with Crippen molar-refractivity contribution >= 4 is 17.9 Å². The molecule has 0 heterocycles. The van der Waals surface area contributed by atoms with Crippen molar-refractivity contribution in [3.8, 4) is 0 Å². The molecule has 0 spiro atoms. The van der Waals surface area contributed by atoms with Gasteiger partial charge in [-0.25, -0.2) is 9.59 Å². The third-order valence-electron chi connectivity index (χ3n) is 7.16. The van der Waals surface area contributed by atoms with E-state index in [9.17, 15) is 19.5 Å². The maximum absolute atomic E-state index is 13.3. The predicted octanol–water partition coefficient (Wildman–Crippen LogP) is 2.88. The summed E-state index contributed by atoms with van der Waals surface area (Å²) in [6, 6.07) is 6.05. The Kier molecular flexibility index (Phi) is 10.2. The van der Waals surface area contributed by atoms with E-state index in [0.29, 0.717) is 38.1 Å². The molecule has 0 radical (unpaired) electrons. The maximum atomic E-state index is 13.3. The molecule has 188 valence electrons. The van der Waals surface area contributed by atoms with E-state index in [1.54, 1.807) is 0 Å². The first-order valence-electron chi connectivity index (χ1n) is 12.8. The fourth-order valence-electron chi connectivity index (χ4n) is 5.22. The number of aryl methyl sites for hydroxylation is 1. The molecule has 2 unspecified atom stereocenters. The standard InChI is InChI=1S/C26H40N4O4/c27-15-7-6-12-22(25(32)33)29-26(34)30-23(16-18-8-2-1-3-9-18)24(31)28-21-14-13-19-10-4-5-11-20(19)17-21/h4-5,10-11,18,21-23H,1-3,6-9,12-17,27H2,(H,28,31)(H,32,33)(H2,29,30,34)/t21-,22?,23?/m1/s1. The lowest BCUT2D eigenvalue weighted by molar-refractivity contribution is -0.139. The molecular weight excluding hydrogens is 432 g/mol. The van der Waals surface area contributed by atoms with E-state index in [-0.39, 0.29) is 11.9 Å². The van der Waals surface area contributed by atoms with E-state index in [1.807, 2.05) is 12.1 Å². The number of unbranched alkanes of at least 4 members (excludes halogenated alkanes) is 1. The van der Waals surface area contributed by atoms with Crippen LogP contribution in [0.2, 0.25) is 0 Å². The highest BCUT2D eigenvalue weighted by Gasteiger charge is 2.30. The van der Waals surface area contributed by atoms with E-state index >= 15 is 0 Å². The lowest BCUT2D eigenvalue weighted by atomic mass is 9.84. The van der Waals surface area contributed by atoms with Crippen LogP contribution >= 0.6 is 0 Å². The predicted molar refractivity (Wildman–Crippen MR) is 131 cm³/mol. The van der Waals surface area contributed by atoms with Crippen LogP contribution in [0.1, 0.15) is 75.3 Å². The molecule has 1 aromatic rings. The number of nitrogens with two attached hydrogens (primary N) is 1.